The number of halogens is 2. The van der Waals surface area contributed by atoms with Gasteiger partial charge < -0.3 is 9.63 Å². The van der Waals surface area contributed by atoms with E-state index in [-0.39, 0.29) is 21.8 Å². The van der Waals surface area contributed by atoms with E-state index in [1.807, 2.05) is 0 Å². The zero-order valence-electron chi connectivity index (χ0n) is 7.78. The SMILES string of the molecule is O=C(O)c1conc1-c1c(F)cccc1Cl. The molecule has 2 rings (SSSR count). The lowest BCUT2D eigenvalue weighted by Crippen LogP contribution is -1.98. The van der Waals surface area contributed by atoms with Gasteiger partial charge in [0.05, 0.1) is 10.6 Å². The molecule has 0 aliphatic carbocycles. The van der Waals surface area contributed by atoms with Crippen LogP contribution in [0.2, 0.25) is 5.02 Å². The van der Waals surface area contributed by atoms with Crippen molar-refractivity contribution in [2.24, 2.45) is 0 Å². The van der Waals surface area contributed by atoms with Gasteiger partial charge in [0.15, 0.2) is 0 Å². The van der Waals surface area contributed by atoms with Crippen LogP contribution in [-0.2, 0) is 0 Å². The second-order valence-electron chi connectivity index (χ2n) is 2.98. The van der Waals surface area contributed by atoms with Crippen LogP contribution in [0.3, 0.4) is 0 Å². The molecule has 1 aromatic heterocycles. The highest BCUT2D eigenvalue weighted by Gasteiger charge is 2.21. The van der Waals surface area contributed by atoms with Gasteiger partial charge in [0.1, 0.15) is 23.3 Å². The molecule has 1 N–H and O–H groups in total. The Kier molecular flexibility index (Phi) is 2.62. The van der Waals surface area contributed by atoms with Crippen molar-refractivity contribution in [3.63, 3.8) is 0 Å². The smallest absolute Gasteiger partial charge is 0.341 e. The van der Waals surface area contributed by atoms with Crippen LogP contribution < -0.4 is 0 Å². The molecule has 1 aromatic carbocycles. The summed E-state index contributed by atoms with van der Waals surface area (Å²) in [6, 6.07) is 4.03. The van der Waals surface area contributed by atoms with Crippen molar-refractivity contribution in [1.29, 1.82) is 0 Å². The van der Waals surface area contributed by atoms with Crippen LogP contribution in [0.15, 0.2) is 29.0 Å². The molecule has 16 heavy (non-hydrogen) atoms. The monoisotopic (exact) mass is 241 g/mol. The molecule has 0 atom stereocenters. The molecular formula is C10H5ClFNO3. The second-order valence-corrected chi connectivity index (χ2v) is 3.39. The first-order chi connectivity index (χ1) is 7.61. The van der Waals surface area contributed by atoms with Crippen molar-refractivity contribution in [2.75, 3.05) is 0 Å². The summed E-state index contributed by atoms with van der Waals surface area (Å²) in [4.78, 5) is 10.8. The van der Waals surface area contributed by atoms with Crippen molar-refractivity contribution < 1.29 is 18.8 Å². The second kappa shape index (κ2) is 3.94. The van der Waals surface area contributed by atoms with E-state index in [2.05, 4.69) is 9.68 Å². The molecule has 0 amide bonds. The maximum Gasteiger partial charge on any atom is 0.341 e. The molecule has 82 valence electrons. The van der Waals surface area contributed by atoms with Crippen molar-refractivity contribution in [3.05, 3.63) is 40.9 Å². The number of hydrogen-bond acceptors (Lipinski definition) is 3. The van der Waals surface area contributed by atoms with Crippen molar-refractivity contribution >= 4 is 17.6 Å². The molecule has 2 aromatic rings. The third-order valence-corrected chi connectivity index (χ3v) is 2.31. The van der Waals surface area contributed by atoms with Gasteiger partial charge in [-0.25, -0.2) is 9.18 Å². The van der Waals surface area contributed by atoms with Gasteiger partial charge in [0, 0.05) is 0 Å². The molecule has 0 saturated carbocycles. The van der Waals surface area contributed by atoms with Gasteiger partial charge >= 0.3 is 5.97 Å². The Labute approximate surface area is 94.2 Å². The highest BCUT2D eigenvalue weighted by atomic mass is 35.5. The number of aromatic carboxylic acids is 1. The minimum Gasteiger partial charge on any atom is -0.477 e. The number of nitrogens with zero attached hydrogens (tertiary/aromatic N) is 1. The molecule has 0 aliphatic heterocycles. The summed E-state index contributed by atoms with van der Waals surface area (Å²) in [6.07, 6.45) is 0.931. The minimum absolute atomic E-state index is 0.0738. The number of carboxylic acid groups (broad SMARTS) is 1. The number of carbonyl (C=O) groups is 1. The van der Waals surface area contributed by atoms with Gasteiger partial charge in [-0.2, -0.15) is 0 Å². The van der Waals surface area contributed by atoms with Crippen LogP contribution in [0.1, 0.15) is 10.4 Å². The van der Waals surface area contributed by atoms with Crippen LogP contribution >= 0.6 is 11.6 Å². The molecule has 0 radical (unpaired) electrons. The van der Waals surface area contributed by atoms with Gasteiger partial charge in [-0.15, -0.1) is 0 Å². The summed E-state index contributed by atoms with van der Waals surface area (Å²) >= 11 is 5.78. The van der Waals surface area contributed by atoms with E-state index >= 15 is 0 Å². The summed E-state index contributed by atoms with van der Waals surface area (Å²) in [7, 11) is 0. The Morgan fingerprint density at radius 2 is 2.25 bits per heavy atom. The maximum absolute atomic E-state index is 13.5. The standard InChI is InChI=1S/C10H5ClFNO3/c11-6-2-1-3-7(12)8(6)9-5(10(14)15)4-16-13-9/h1-4H,(H,14,15). The fourth-order valence-corrected chi connectivity index (χ4v) is 1.55. The van der Waals surface area contributed by atoms with Crippen LogP contribution in [-0.4, -0.2) is 16.2 Å². The van der Waals surface area contributed by atoms with Crippen LogP contribution in [0, 0.1) is 5.82 Å². The highest BCUT2D eigenvalue weighted by Crippen LogP contribution is 2.31. The average Bonchev–Trinajstić information content (AvgIpc) is 2.66. The van der Waals surface area contributed by atoms with E-state index in [4.69, 9.17) is 16.7 Å². The van der Waals surface area contributed by atoms with Gasteiger partial charge in [-0.3, -0.25) is 0 Å². The lowest BCUT2D eigenvalue weighted by atomic mass is 10.1. The topological polar surface area (TPSA) is 63.3 Å². The Hall–Kier alpha value is -1.88. The van der Waals surface area contributed by atoms with Crippen molar-refractivity contribution in [1.82, 2.24) is 5.16 Å². The Morgan fingerprint density at radius 1 is 1.50 bits per heavy atom. The van der Waals surface area contributed by atoms with Crippen LogP contribution in [0.25, 0.3) is 11.3 Å². The first kappa shape index (κ1) is 10.6. The summed E-state index contributed by atoms with van der Waals surface area (Å²) < 4.78 is 18.0. The number of aromatic nitrogens is 1. The van der Waals surface area contributed by atoms with E-state index in [1.54, 1.807) is 0 Å². The molecule has 0 unspecified atom stereocenters. The van der Waals surface area contributed by atoms with E-state index in [0.29, 0.717) is 0 Å². The Bertz CT molecular complexity index is 532. The number of carboxylic acids is 1. The van der Waals surface area contributed by atoms with Gasteiger partial charge in [-0.05, 0) is 12.1 Å². The lowest BCUT2D eigenvalue weighted by Gasteiger charge is -2.02. The number of benzene rings is 1. The van der Waals surface area contributed by atoms with Crippen molar-refractivity contribution in [2.45, 2.75) is 0 Å². The third-order valence-electron chi connectivity index (χ3n) is 2.00. The molecule has 0 bridgehead atoms. The van der Waals surface area contributed by atoms with E-state index in [1.165, 1.54) is 18.2 Å². The summed E-state index contributed by atoms with van der Waals surface area (Å²) in [5.74, 6) is -1.90. The van der Waals surface area contributed by atoms with E-state index in [0.717, 1.165) is 6.26 Å². The predicted molar refractivity (Wildman–Crippen MR) is 53.9 cm³/mol. The Balaban J connectivity index is 2.68. The zero-order valence-corrected chi connectivity index (χ0v) is 8.53. The molecule has 0 aliphatic rings. The largest absolute Gasteiger partial charge is 0.477 e. The van der Waals surface area contributed by atoms with Gasteiger partial charge in [0.2, 0.25) is 0 Å². The molecule has 0 spiro atoms. The van der Waals surface area contributed by atoms with Crippen LogP contribution in [0.4, 0.5) is 4.39 Å². The molecule has 6 heteroatoms. The number of rotatable bonds is 2. The van der Waals surface area contributed by atoms with Gasteiger partial charge in [-0.1, -0.05) is 22.8 Å². The lowest BCUT2D eigenvalue weighted by molar-refractivity contribution is 0.0697. The average molecular weight is 242 g/mol. The predicted octanol–water partition coefficient (Wildman–Crippen LogP) is 2.83. The fraction of sp³-hybridized carbons (Fsp3) is 0. The molecule has 0 saturated heterocycles. The molecular weight excluding hydrogens is 237 g/mol. The first-order valence-corrected chi connectivity index (χ1v) is 4.61. The molecule has 0 fully saturated rings. The van der Waals surface area contributed by atoms with Gasteiger partial charge in [0.25, 0.3) is 0 Å². The molecule has 1 heterocycles. The normalized spacial score (nSPS) is 10.4. The van der Waals surface area contributed by atoms with Crippen LogP contribution in [0.5, 0.6) is 0 Å². The summed E-state index contributed by atoms with van der Waals surface area (Å²) in [5.41, 5.74) is -0.419. The fourth-order valence-electron chi connectivity index (χ4n) is 1.29. The maximum atomic E-state index is 13.5. The number of hydrogen-bond donors (Lipinski definition) is 1. The third kappa shape index (κ3) is 1.65. The van der Waals surface area contributed by atoms with Crippen molar-refractivity contribution in [3.8, 4) is 11.3 Å². The first-order valence-electron chi connectivity index (χ1n) is 4.23. The van der Waals surface area contributed by atoms with E-state index in [9.17, 15) is 9.18 Å². The minimum atomic E-state index is -1.25. The summed E-state index contributed by atoms with van der Waals surface area (Å²) in [6.45, 7) is 0. The quantitative estimate of drug-likeness (QED) is 0.878. The van der Waals surface area contributed by atoms with E-state index < -0.39 is 11.8 Å². The Morgan fingerprint density at radius 3 is 2.88 bits per heavy atom. The highest BCUT2D eigenvalue weighted by molar-refractivity contribution is 6.33. The zero-order chi connectivity index (χ0) is 11.7. The molecule has 4 nitrogen and oxygen atoms in total. The summed E-state index contributed by atoms with van der Waals surface area (Å²) in [5, 5.41) is 12.4.